The van der Waals surface area contributed by atoms with Crippen LogP contribution >= 0.6 is 0 Å². The zero-order chi connectivity index (χ0) is 16.3. The van der Waals surface area contributed by atoms with Gasteiger partial charge in [-0.25, -0.2) is 0 Å². The van der Waals surface area contributed by atoms with Crippen LogP contribution in [0.3, 0.4) is 0 Å². The van der Waals surface area contributed by atoms with Crippen LogP contribution in [0.5, 0.6) is 5.75 Å². The molecule has 1 saturated carbocycles. The van der Waals surface area contributed by atoms with Crippen molar-refractivity contribution >= 4 is 5.97 Å². The minimum atomic E-state index is -4.37. The Labute approximate surface area is 127 Å². The quantitative estimate of drug-likeness (QED) is 0.901. The highest BCUT2D eigenvalue weighted by atomic mass is 19.4. The lowest BCUT2D eigenvalue weighted by Crippen LogP contribution is -2.22. The molecule has 0 radical (unpaired) electrons. The van der Waals surface area contributed by atoms with Crippen LogP contribution in [0.15, 0.2) is 18.2 Å². The molecule has 0 unspecified atom stereocenters. The Kier molecular flexibility index (Phi) is 4.98. The summed E-state index contributed by atoms with van der Waals surface area (Å²) in [4.78, 5) is 11.0. The SMILES string of the molecule is Cc1ccc(OCC(F)(F)F)c(C2CCC(C(=O)O)CC2)c1. The first-order chi connectivity index (χ1) is 10.3. The highest BCUT2D eigenvalue weighted by Crippen LogP contribution is 2.40. The fraction of sp³-hybridized carbons (Fsp3) is 0.562. The Morgan fingerprint density at radius 1 is 1.27 bits per heavy atom. The summed E-state index contributed by atoms with van der Waals surface area (Å²) in [5.41, 5.74) is 1.71. The van der Waals surface area contributed by atoms with Crippen molar-refractivity contribution in [2.75, 3.05) is 6.61 Å². The Hall–Kier alpha value is -1.72. The molecule has 1 N–H and O–H groups in total. The van der Waals surface area contributed by atoms with Crippen molar-refractivity contribution in [3.05, 3.63) is 29.3 Å². The van der Waals surface area contributed by atoms with Crippen molar-refractivity contribution in [2.45, 2.75) is 44.7 Å². The molecule has 0 aromatic heterocycles. The zero-order valence-corrected chi connectivity index (χ0v) is 12.3. The molecule has 22 heavy (non-hydrogen) atoms. The van der Waals surface area contributed by atoms with Gasteiger partial charge < -0.3 is 9.84 Å². The minimum absolute atomic E-state index is 0.0544. The number of carbonyl (C=O) groups is 1. The third kappa shape index (κ3) is 4.39. The highest BCUT2D eigenvalue weighted by molar-refractivity contribution is 5.70. The van der Waals surface area contributed by atoms with E-state index in [1.54, 1.807) is 12.1 Å². The molecule has 0 atom stereocenters. The lowest BCUT2D eigenvalue weighted by Gasteiger charge is -2.28. The van der Waals surface area contributed by atoms with Crippen LogP contribution < -0.4 is 4.74 Å². The number of alkyl halides is 3. The molecule has 0 saturated heterocycles. The number of carboxylic acids is 1. The van der Waals surface area contributed by atoms with Crippen LogP contribution in [0.2, 0.25) is 0 Å². The van der Waals surface area contributed by atoms with E-state index in [9.17, 15) is 18.0 Å². The van der Waals surface area contributed by atoms with Gasteiger partial charge >= 0.3 is 12.1 Å². The molecule has 0 amide bonds. The van der Waals surface area contributed by atoms with Crippen molar-refractivity contribution in [1.29, 1.82) is 0 Å². The fourth-order valence-electron chi connectivity index (χ4n) is 2.93. The summed E-state index contributed by atoms with van der Waals surface area (Å²) < 4.78 is 42.0. The van der Waals surface area contributed by atoms with E-state index in [4.69, 9.17) is 9.84 Å². The summed E-state index contributed by atoms with van der Waals surface area (Å²) in [5.74, 6) is -0.836. The van der Waals surface area contributed by atoms with Crippen molar-refractivity contribution in [2.24, 2.45) is 5.92 Å². The molecule has 3 nitrogen and oxygen atoms in total. The first-order valence-corrected chi connectivity index (χ1v) is 7.29. The van der Waals surface area contributed by atoms with Gasteiger partial charge in [0.25, 0.3) is 0 Å². The van der Waals surface area contributed by atoms with E-state index in [0.717, 1.165) is 11.1 Å². The van der Waals surface area contributed by atoms with Gasteiger partial charge in [0.2, 0.25) is 0 Å². The summed E-state index contributed by atoms with van der Waals surface area (Å²) in [6, 6.07) is 5.13. The number of aliphatic carboxylic acids is 1. The van der Waals surface area contributed by atoms with E-state index in [2.05, 4.69) is 0 Å². The van der Waals surface area contributed by atoms with E-state index in [0.29, 0.717) is 25.7 Å². The van der Waals surface area contributed by atoms with Gasteiger partial charge in [-0.1, -0.05) is 17.7 Å². The molecular formula is C16H19F3O3. The fourth-order valence-corrected chi connectivity index (χ4v) is 2.93. The van der Waals surface area contributed by atoms with E-state index in [-0.39, 0.29) is 17.6 Å². The molecule has 0 heterocycles. The van der Waals surface area contributed by atoms with Gasteiger partial charge in [0.1, 0.15) is 5.75 Å². The molecule has 122 valence electrons. The van der Waals surface area contributed by atoms with Crippen molar-refractivity contribution < 1.29 is 27.8 Å². The van der Waals surface area contributed by atoms with Gasteiger partial charge in [0.15, 0.2) is 6.61 Å². The number of rotatable bonds is 4. The van der Waals surface area contributed by atoms with Gasteiger partial charge in [0, 0.05) is 0 Å². The van der Waals surface area contributed by atoms with Gasteiger partial charge in [0.05, 0.1) is 5.92 Å². The molecule has 1 aliphatic rings. The first-order valence-electron chi connectivity index (χ1n) is 7.29. The van der Waals surface area contributed by atoms with Crippen LogP contribution in [-0.4, -0.2) is 23.9 Å². The zero-order valence-electron chi connectivity index (χ0n) is 12.3. The van der Waals surface area contributed by atoms with Crippen LogP contribution in [0.25, 0.3) is 0 Å². The van der Waals surface area contributed by atoms with Gasteiger partial charge in [-0.2, -0.15) is 13.2 Å². The largest absolute Gasteiger partial charge is 0.484 e. The molecular weight excluding hydrogens is 297 g/mol. The van der Waals surface area contributed by atoms with Crippen LogP contribution in [0.4, 0.5) is 13.2 Å². The Bertz CT molecular complexity index is 532. The van der Waals surface area contributed by atoms with E-state index < -0.39 is 18.8 Å². The van der Waals surface area contributed by atoms with E-state index in [1.807, 2.05) is 13.0 Å². The maximum Gasteiger partial charge on any atom is 0.422 e. The minimum Gasteiger partial charge on any atom is -0.484 e. The number of ether oxygens (including phenoxy) is 1. The number of benzene rings is 1. The predicted molar refractivity (Wildman–Crippen MR) is 75.1 cm³/mol. The third-order valence-electron chi connectivity index (χ3n) is 4.07. The summed E-state index contributed by atoms with van der Waals surface area (Å²) in [6.07, 6.45) is -1.96. The molecule has 0 aliphatic heterocycles. The molecule has 0 bridgehead atoms. The van der Waals surface area contributed by atoms with E-state index >= 15 is 0 Å². The van der Waals surface area contributed by atoms with E-state index in [1.165, 1.54) is 0 Å². The molecule has 1 aliphatic carbocycles. The molecule has 1 aromatic carbocycles. The monoisotopic (exact) mass is 316 g/mol. The molecule has 6 heteroatoms. The lowest BCUT2D eigenvalue weighted by molar-refractivity contribution is -0.153. The highest BCUT2D eigenvalue weighted by Gasteiger charge is 2.31. The number of hydrogen-bond donors (Lipinski definition) is 1. The smallest absolute Gasteiger partial charge is 0.422 e. The van der Waals surface area contributed by atoms with Crippen molar-refractivity contribution in [3.63, 3.8) is 0 Å². The average Bonchev–Trinajstić information content (AvgIpc) is 2.45. The Balaban J connectivity index is 2.12. The summed E-state index contributed by atoms with van der Waals surface area (Å²) in [7, 11) is 0. The van der Waals surface area contributed by atoms with Crippen LogP contribution in [-0.2, 0) is 4.79 Å². The second kappa shape index (κ2) is 6.58. The first kappa shape index (κ1) is 16.6. The molecule has 0 spiro atoms. The third-order valence-corrected chi connectivity index (χ3v) is 4.07. The maximum atomic E-state index is 12.3. The topological polar surface area (TPSA) is 46.5 Å². The lowest BCUT2D eigenvalue weighted by atomic mass is 9.78. The Morgan fingerprint density at radius 3 is 2.45 bits per heavy atom. The summed E-state index contributed by atoms with van der Waals surface area (Å²) >= 11 is 0. The number of aryl methyl sites for hydroxylation is 1. The molecule has 1 aromatic rings. The maximum absolute atomic E-state index is 12.3. The van der Waals surface area contributed by atoms with Gasteiger partial charge in [-0.15, -0.1) is 0 Å². The molecule has 1 fully saturated rings. The van der Waals surface area contributed by atoms with Gasteiger partial charge in [-0.3, -0.25) is 4.79 Å². The standard InChI is InChI=1S/C16H19F3O3/c1-10-2-7-14(22-9-16(17,18)19)13(8-10)11-3-5-12(6-4-11)15(20)21/h2,7-8,11-12H,3-6,9H2,1H3,(H,20,21). The second-order valence-corrected chi connectivity index (χ2v) is 5.83. The summed E-state index contributed by atoms with van der Waals surface area (Å²) in [5, 5.41) is 9.02. The van der Waals surface area contributed by atoms with Crippen LogP contribution in [0.1, 0.15) is 42.7 Å². The predicted octanol–water partition coefficient (Wildman–Crippen LogP) is 4.29. The number of carboxylic acid groups (broad SMARTS) is 1. The summed E-state index contributed by atoms with van der Waals surface area (Å²) in [6.45, 7) is 0.563. The Morgan fingerprint density at radius 2 is 1.91 bits per heavy atom. The number of halogens is 3. The normalized spacial score (nSPS) is 22.4. The van der Waals surface area contributed by atoms with Crippen LogP contribution in [0, 0.1) is 12.8 Å². The van der Waals surface area contributed by atoms with Crippen molar-refractivity contribution in [1.82, 2.24) is 0 Å². The van der Waals surface area contributed by atoms with Crippen molar-refractivity contribution in [3.8, 4) is 5.75 Å². The average molecular weight is 316 g/mol. The van der Waals surface area contributed by atoms with Gasteiger partial charge in [-0.05, 0) is 50.2 Å². The second-order valence-electron chi connectivity index (χ2n) is 5.83. The molecule has 2 rings (SSSR count). The number of hydrogen-bond acceptors (Lipinski definition) is 2.